The second-order valence-electron chi connectivity index (χ2n) is 5.40. The summed E-state index contributed by atoms with van der Waals surface area (Å²) in [5, 5.41) is 6.50. The van der Waals surface area contributed by atoms with Crippen LogP contribution in [0.3, 0.4) is 0 Å². The molecule has 0 unspecified atom stereocenters. The number of rotatable bonds is 5. The lowest BCUT2D eigenvalue weighted by atomic mass is 9.78. The number of nitrogen functional groups attached to an aromatic ring is 1. The van der Waals surface area contributed by atoms with E-state index in [2.05, 4.69) is 32.6 Å². The molecule has 112 valence electrons. The van der Waals surface area contributed by atoms with E-state index in [1.54, 1.807) is 11.3 Å². The largest absolute Gasteiger partial charge is 0.368 e. The Morgan fingerprint density at radius 2 is 2.14 bits per heavy atom. The molecule has 1 fully saturated rings. The Morgan fingerprint density at radius 3 is 2.81 bits per heavy atom. The molecule has 2 aromatic rings. The van der Waals surface area contributed by atoms with Crippen molar-refractivity contribution >= 4 is 23.1 Å². The summed E-state index contributed by atoms with van der Waals surface area (Å²) in [4.78, 5) is 13.1. The minimum Gasteiger partial charge on any atom is -0.368 e. The van der Waals surface area contributed by atoms with Crippen LogP contribution in [0.25, 0.3) is 0 Å². The molecule has 3 rings (SSSR count). The molecule has 1 aliphatic rings. The van der Waals surface area contributed by atoms with Gasteiger partial charge < -0.3 is 16.8 Å². The highest BCUT2D eigenvalue weighted by Crippen LogP contribution is 2.35. The van der Waals surface area contributed by atoms with E-state index >= 15 is 0 Å². The van der Waals surface area contributed by atoms with Gasteiger partial charge in [-0.25, -0.2) is 9.97 Å². The summed E-state index contributed by atoms with van der Waals surface area (Å²) >= 11 is 1.69. The average molecular weight is 304 g/mol. The van der Waals surface area contributed by atoms with Gasteiger partial charge in [-0.1, -0.05) is 6.92 Å². The van der Waals surface area contributed by atoms with E-state index < -0.39 is 0 Å². The standard InChI is InChI=1S/C14H20N6S/c1-2-13-18-10(7-21-13)6-17-12-5-11(19-14(16)20-12)8-3-9(15)4-8/h5,7-9H,2-4,6,15H2,1H3,(H3,16,17,19,20). The third kappa shape index (κ3) is 3.30. The highest BCUT2D eigenvalue weighted by molar-refractivity contribution is 7.09. The van der Waals surface area contributed by atoms with Crippen LogP contribution >= 0.6 is 11.3 Å². The second-order valence-corrected chi connectivity index (χ2v) is 6.35. The van der Waals surface area contributed by atoms with Crippen molar-refractivity contribution in [1.82, 2.24) is 15.0 Å². The molecule has 0 spiro atoms. The zero-order valence-corrected chi connectivity index (χ0v) is 12.9. The van der Waals surface area contributed by atoms with E-state index in [0.717, 1.165) is 41.5 Å². The van der Waals surface area contributed by atoms with E-state index in [1.807, 2.05) is 6.07 Å². The molecule has 0 amide bonds. The highest BCUT2D eigenvalue weighted by Gasteiger charge is 2.29. The maximum atomic E-state index is 5.84. The number of nitrogens with zero attached hydrogens (tertiary/aromatic N) is 3. The van der Waals surface area contributed by atoms with Crippen molar-refractivity contribution in [3.8, 4) is 0 Å². The van der Waals surface area contributed by atoms with Gasteiger partial charge in [-0.15, -0.1) is 11.3 Å². The van der Waals surface area contributed by atoms with Crippen LogP contribution < -0.4 is 16.8 Å². The van der Waals surface area contributed by atoms with E-state index in [-0.39, 0.29) is 0 Å². The number of anilines is 2. The number of aromatic nitrogens is 3. The van der Waals surface area contributed by atoms with Crippen LogP contribution in [0, 0.1) is 0 Å². The third-order valence-electron chi connectivity index (χ3n) is 3.71. The van der Waals surface area contributed by atoms with Gasteiger partial charge in [0.15, 0.2) is 0 Å². The van der Waals surface area contributed by atoms with Gasteiger partial charge in [-0.3, -0.25) is 0 Å². The van der Waals surface area contributed by atoms with Gasteiger partial charge in [0.2, 0.25) is 5.95 Å². The van der Waals surface area contributed by atoms with Crippen molar-refractivity contribution in [3.63, 3.8) is 0 Å². The fourth-order valence-corrected chi connectivity index (χ4v) is 3.21. The summed E-state index contributed by atoms with van der Waals surface area (Å²) in [6.45, 7) is 2.76. The van der Waals surface area contributed by atoms with Gasteiger partial charge in [0.25, 0.3) is 0 Å². The van der Waals surface area contributed by atoms with E-state index in [1.165, 1.54) is 0 Å². The molecule has 0 atom stereocenters. The zero-order chi connectivity index (χ0) is 14.8. The number of thiazole rings is 1. The lowest BCUT2D eigenvalue weighted by Crippen LogP contribution is -2.35. The Balaban J connectivity index is 1.67. The van der Waals surface area contributed by atoms with Gasteiger partial charge in [-0.05, 0) is 19.3 Å². The molecular weight excluding hydrogens is 284 g/mol. The van der Waals surface area contributed by atoms with Gasteiger partial charge >= 0.3 is 0 Å². The van der Waals surface area contributed by atoms with E-state index in [0.29, 0.717) is 24.5 Å². The Hall–Kier alpha value is -1.73. The fraction of sp³-hybridized carbons (Fsp3) is 0.500. The number of aryl methyl sites for hydroxylation is 1. The third-order valence-corrected chi connectivity index (χ3v) is 4.75. The van der Waals surface area contributed by atoms with Gasteiger partial charge in [-0.2, -0.15) is 4.98 Å². The Morgan fingerprint density at radius 1 is 1.33 bits per heavy atom. The van der Waals surface area contributed by atoms with Crippen molar-refractivity contribution in [2.24, 2.45) is 5.73 Å². The molecule has 1 aliphatic carbocycles. The topological polar surface area (TPSA) is 103 Å². The summed E-state index contributed by atoms with van der Waals surface area (Å²) in [6.07, 6.45) is 2.92. The first-order valence-corrected chi connectivity index (χ1v) is 8.09. The monoisotopic (exact) mass is 304 g/mol. The van der Waals surface area contributed by atoms with Crippen LogP contribution in [0.1, 0.15) is 42.1 Å². The molecule has 1 saturated carbocycles. The van der Waals surface area contributed by atoms with Crippen LogP contribution in [-0.4, -0.2) is 21.0 Å². The molecule has 5 N–H and O–H groups in total. The summed E-state index contributed by atoms with van der Waals surface area (Å²) in [5.74, 6) is 1.48. The molecule has 2 heterocycles. The van der Waals surface area contributed by atoms with Crippen LogP contribution in [0.4, 0.5) is 11.8 Å². The quantitative estimate of drug-likeness (QED) is 0.779. The maximum absolute atomic E-state index is 5.84. The van der Waals surface area contributed by atoms with Crippen molar-refractivity contribution < 1.29 is 0 Å². The van der Waals surface area contributed by atoms with Gasteiger partial charge in [0, 0.05) is 23.4 Å². The normalized spacial score (nSPS) is 21.0. The number of nitrogens with two attached hydrogens (primary N) is 2. The van der Waals surface area contributed by atoms with Crippen LogP contribution in [0.15, 0.2) is 11.4 Å². The summed E-state index contributed by atoms with van der Waals surface area (Å²) in [6, 6.07) is 2.27. The average Bonchev–Trinajstić information content (AvgIpc) is 2.89. The second kappa shape index (κ2) is 5.95. The first-order valence-electron chi connectivity index (χ1n) is 7.21. The van der Waals surface area contributed by atoms with Gasteiger partial charge in [0.1, 0.15) is 5.82 Å². The maximum Gasteiger partial charge on any atom is 0.222 e. The Kier molecular flexibility index (Phi) is 4.03. The Bertz CT molecular complexity index is 620. The zero-order valence-electron chi connectivity index (χ0n) is 12.0. The van der Waals surface area contributed by atoms with Crippen LogP contribution in [0.5, 0.6) is 0 Å². The minimum absolute atomic E-state index is 0.296. The lowest BCUT2D eigenvalue weighted by molar-refractivity contribution is 0.345. The molecule has 0 saturated heterocycles. The van der Waals surface area contributed by atoms with Gasteiger partial charge in [0.05, 0.1) is 22.9 Å². The molecule has 6 nitrogen and oxygen atoms in total. The van der Waals surface area contributed by atoms with Crippen LogP contribution in [0.2, 0.25) is 0 Å². The first kappa shape index (κ1) is 14.2. The summed E-state index contributed by atoms with van der Waals surface area (Å²) < 4.78 is 0. The molecular formula is C14H20N6S. The lowest BCUT2D eigenvalue weighted by Gasteiger charge is -2.32. The minimum atomic E-state index is 0.296. The Labute approximate surface area is 128 Å². The van der Waals surface area contributed by atoms with E-state index in [4.69, 9.17) is 11.5 Å². The first-order chi connectivity index (χ1) is 10.1. The molecule has 0 aromatic carbocycles. The summed E-state index contributed by atoms with van der Waals surface area (Å²) in [5.41, 5.74) is 13.6. The molecule has 0 radical (unpaired) electrons. The van der Waals surface area contributed by atoms with Crippen molar-refractivity contribution in [2.75, 3.05) is 11.1 Å². The smallest absolute Gasteiger partial charge is 0.222 e. The van der Waals surface area contributed by atoms with Crippen molar-refractivity contribution in [1.29, 1.82) is 0 Å². The number of hydrogen-bond acceptors (Lipinski definition) is 7. The molecule has 7 heteroatoms. The molecule has 0 aliphatic heterocycles. The van der Waals surface area contributed by atoms with E-state index in [9.17, 15) is 0 Å². The van der Waals surface area contributed by atoms with Crippen LogP contribution in [-0.2, 0) is 13.0 Å². The fourth-order valence-electron chi connectivity index (χ4n) is 2.46. The molecule has 21 heavy (non-hydrogen) atoms. The predicted molar refractivity (Wildman–Crippen MR) is 85.2 cm³/mol. The highest BCUT2D eigenvalue weighted by atomic mass is 32.1. The SMILES string of the molecule is CCc1nc(CNc2cc(C3CC(N)C3)nc(N)n2)cs1. The number of hydrogen-bond donors (Lipinski definition) is 3. The number of nitrogens with one attached hydrogen (secondary N) is 1. The molecule has 2 aromatic heterocycles. The van der Waals surface area contributed by atoms with Crippen molar-refractivity contribution in [3.05, 3.63) is 27.8 Å². The van der Waals surface area contributed by atoms with Crippen molar-refractivity contribution in [2.45, 2.75) is 44.7 Å². The molecule has 0 bridgehead atoms. The summed E-state index contributed by atoms with van der Waals surface area (Å²) in [7, 11) is 0. The predicted octanol–water partition coefficient (Wildman–Crippen LogP) is 1.89.